The third kappa shape index (κ3) is 4.38. The molecule has 0 saturated carbocycles. The molecule has 0 aliphatic heterocycles. The van der Waals surface area contributed by atoms with Gasteiger partial charge in [0.2, 0.25) is 5.91 Å². The van der Waals surface area contributed by atoms with Crippen LogP contribution in [0.3, 0.4) is 0 Å². The Hall–Kier alpha value is -3.36. The summed E-state index contributed by atoms with van der Waals surface area (Å²) in [6.45, 7) is 2.50. The first-order valence-corrected chi connectivity index (χ1v) is 8.31. The second kappa shape index (κ2) is 8.15. The number of hydrogen-bond donors (Lipinski definition) is 3. The summed E-state index contributed by atoms with van der Waals surface area (Å²) in [7, 11) is 0. The van der Waals surface area contributed by atoms with Crippen LogP contribution in [0.15, 0.2) is 36.7 Å². The minimum Gasteiger partial charge on any atom is -0.450 e. The molecule has 9 heteroatoms. The molecule has 26 heavy (non-hydrogen) atoms. The Labute approximate surface area is 149 Å². The van der Waals surface area contributed by atoms with Gasteiger partial charge in [-0.25, -0.2) is 9.48 Å². The second-order valence-electron chi connectivity index (χ2n) is 5.61. The maximum Gasteiger partial charge on any atom is 0.412 e. The van der Waals surface area contributed by atoms with Gasteiger partial charge in [-0.05, 0) is 25.0 Å². The molecule has 9 nitrogen and oxygen atoms in total. The number of anilines is 1. The Balaban J connectivity index is 1.46. The van der Waals surface area contributed by atoms with Crippen molar-refractivity contribution in [1.82, 2.24) is 25.3 Å². The van der Waals surface area contributed by atoms with Crippen molar-refractivity contribution in [3.63, 3.8) is 0 Å². The molecule has 0 aliphatic rings. The predicted molar refractivity (Wildman–Crippen MR) is 95.7 cm³/mol. The smallest absolute Gasteiger partial charge is 0.412 e. The summed E-state index contributed by atoms with van der Waals surface area (Å²) in [5.74, 6) is 0.0486. The van der Waals surface area contributed by atoms with Gasteiger partial charge in [0, 0.05) is 23.6 Å². The lowest BCUT2D eigenvalue weighted by molar-refractivity contribution is -0.121. The van der Waals surface area contributed by atoms with Crippen molar-refractivity contribution in [3.8, 4) is 0 Å². The minimum absolute atomic E-state index is 0.0192. The van der Waals surface area contributed by atoms with E-state index in [-0.39, 0.29) is 24.9 Å². The fourth-order valence-electron chi connectivity index (χ4n) is 2.58. The van der Waals surface area contributed by atoms with E-state index < -0.39 is 6.09 Å². The molecule has 3 rings (SSSR count). The number of amides is 2. The number of carbonyl (C=O) groups is 2. The molecule has 3 N–H and O–H groups in total. The average molecular weight is 356 g/mol. The van der Waals surface area contributed by atoms with Crippen molar-refractivity contribution >= 4 is 28.7 Å². The number of hydrogen-bond acceptors (Lipinski definition) is 5. The number of H-pyrrole nitrogens is 1. The highest BCUT2D eigenvalue weighted by Crippen LogP contribution is 2.17. The van der Waals surface area contributed by atoms with Crippen LogP contribution in [0, 0.1) is 0 Å². The Kier molecular flexibility index (Phi) is 5.47. The Morgan fingerprint density at radius 2 is 2.15 bits per heavy atom. The van der Waals surface area contributed by atoms with Crippen LogP contribution in [-0.2, 0) is 22.5 Å². The van der Waals surface area contributed by atoms with Crippen molar-refractivity contribution in [1.29, 1.82) is 0 Å². The molecule has 0 radical (unpaired) electrons. The molecule has 0 aliphatic carbocycles. The molecule has 3 aromatic rings. The van der Waals surface area contributed by atoms with Gasteiger partial charge < -0.3 is 15.0 Å². The van der Waals surface area contributed by atoms with Gasteiger partial charge in [-0.1, -0.05) is 23.4 Å². The van der Waals surface area contributed by atoms with Gasteiger partial charge in [-0.3, -0.25) is 10.1 Å². The van der Waals surface area contributed by atoms with Gasteiger partial charge >= 0.3 is 6.09 Å². The predicted octanol–water partition coefficient (Wildman–Crippen LogP) is 1.69. The van der Waals surface area contributed by atoms with Crippen LogP contribution in [0.5, 0.6) is 0 Å². The monoisotopic (exact) mass is 356 g/mol. The first-order chi connectivity index (χ1) is 12.7. The van der Waals surface area contributed by atoms with E-state index >= 15 is 0 Å². The Morgan fingerprint density at radius 3 is 3.00 bits per heavy atom. The van der Waals surface area contributed by atoms with Crippen LogP contribution in [0.2, 0.25) is 0 Å². The summed E-state index contributed by atoms with van der Waals surface area (Å²) in [6, 6.07) is 8.04. The summed E-state index contributed by atoms with van der Waals surface area (Å²) < 4.78 is 6.10. The van der Waals surface area contributed by atoms with Crippen molar-refractivity contribution in [3.05, 3.63) is 42.2 Å². The number of rotatable bonds is 7. The third-order valence-electron chi connectivity index (χ3n) is 3.74. The number of nitrogens with zero attached hydrogens (tertiary/aromatic N) is 3. The zero-order chi connectivity index (χ0) is 18.4. The Morgan fingerprint density at radius 1 is 1.31 bits per heavy atom. The lowest BCUT2D eigenvalue weighted by Crippen LogP contribution is -2.29. The molecule has 136 valence electrons. The standard InChI is InChI=1S/C17H20N6O3/c1-2-26-17(25)20-15-10-23(22-21-15)11-16(24)18-8-7-12-9-19-14-6-4-3-5-13(12)14/h3-6,9-10,19H,2,7-8,11H2,1H3,(H,18,24)(H,20,25). The van der Waals surface area contributed by atoms with Crippen molar-refractivity contribution in [2.75, 3.05) is 18.5 Å². The van der Waals surface area contributed by atoms with E-state index in [1.807, 2.05) is 24.4 Å². The van der Waals surface area contributed by atoms with Crippen molar-refractivity contribution in [2.45, 2.75) is 19.9 Å². The van der Waals surface area contributed by atoms with E-state index in [9.17, 15) is 9.59 Å². The molecule has 0 spiro atoms. The summed E-state index contributed by atoms with van der Waals surface area (Å²) >= 11 is 0. The van der Waals surface area contributed by atoms with Gasteiger partial charge in [0.15, 0.2) is 5.82 Å². The van der Waals surface area contributed by atoms with Crippen LogP contribution in [0.1, 0.15) is 12.5 Å². The summed E-state index contributed by atoms with van der Waals surface area (Å²) in [6.07, 6.45) is 3.54. The topological polar surface area (TPSA) is 114 Å². The number of benzene rings is 1. The zero-order valence-electron chi connectivity index (χ0n) is 14.4. The molecule has 1 aromatic carbocycles. The summed E-state index contributed by atoms with van der Waals surface area (Å²) in [5, 5.41) is 14.0. The van der Waals surface area contributed by atoms with E-state index in [2.05, 4.69) is 32.0 Å². The number of carbonyl (C=O) groups excluding carboxylic acids is 2. The number of fused-ring (bicyclic) bond motifs is 1. The molecular weight excluding hydrogens is 336 g/mol. The quantitative estimate of drug-likeness (QED) is 0.596. The molecule has 0 atom stereocenters. The lowest BCUT2D eigenvalue weighted by atomic mass is 10.1. The first kappa shape index (κ1) is 17.5. The van der Waals surface area contributed by atoms with E-state index in [0.717, 1.165) is 22.9 Å². The molecule has 2 aromatic heterocycles. The molecule has 0 unspecified atom stereocenters. The number of nitrogens with one attached hydrogen (secondary N) is 3. The molecular formula is C17H20N6O3. The van der Waals surface area contributed by atoms with Crippen LogP contribution in [0.25, 0.3) is 10.9 Å². The normalized spacial score (nSPS) is 10.7. The number of para-hydroxylation sites is 1. The van der Waals surface area contributed by atoms with Crippen LogP contribution in [-0.4, -0.2) is 45.1 Å². The van der Waals surface area contributed by atoms with Crippen LogP contribution in [0.4, 0.5) is 10.6 Å². The SMILES string of the molecule is CCOC(=O)Nc1cn(CC(=O)NCCc2c[nH]c3ccccc23)nn1. The summed E-state index contributed by atoms with van der Waals surface area (Å²) in [4.78, 5) is 26.5. The number of ether oxygens (including phenoxy) is 1. The number of aromatic nitrogens is 4. The van der Waals surface area contributed by atoms with Crippen molar-refractivity contribution in [2.24, 2.45) is 0 Å². The third-order valence-corrected chi connectivity index (χ3v) is 3.74. The van der Waals surface area contributed by atoms with Gasteiger partial charge in [-0.2, -0.15) is 0 Å². The fraction of sp³-hybridized carbons (Fsp3) is 0.294. The highest BCUT2D eigenvalue weighted by Gasteiger charge is 2.09. The van der Waals surface area contributed by atoms with E-state index in [0.29, 0.717) is 6.54 Å². The molecule has 2 amide bonds. The Bertz CT molecular complexity index is 901. The molecule has 0 saturated heterocycles. The lowest BCUT2D eigenvalue weighted by Gasteiger charge is -2.04. The maximum absolute atomic E-state index is 12.0. The number of aromatic amines is 1. The van der Waals surface area contributed by atoms with Crippen molar-refractivity contribution < 1.29 is 14.3 Å². The van der Waals surface area contributed by atoms with Gasteiger partial charge in [0.25, 0.3) is 0 Å². The van der Waals surface area contributed by atoms with E-state index in [1.54, 1.807) is 6.92 Å². The van der Waals surface area contributed by atoms with E-state index in [1.165, 1.54) is 10.9 Å². The zero-order valence-corrected chi connectivity index (χ0v) is 14.4. The van der Waals surface area contributed by atoms with Gasteiger partial charge in [0.05, 0.1) is 12.8 Å². The van der Waals surface area contributed by atoms with Gasteiger partial charge in [0.1, 0.15) is 6.54 Å². The van der Waals surface area contributed by atoms with Crippen LogP contribution >= 0.6 is 0 Å². The minimum atomic E-state index is -0.609. The highest BCUT2D eigenvalue weighted by molar-refractivity contribution is 5.83. The average Bonchev–Trinajstić information content (AvgIpc) is 3.22. The molecule has 0 fully saturated rings. The summed E-state index contributed by atoms with van der Waals surface area (Å²) in [5.41, 5.74) is 2.24. The van der Waals surface area contributed by atoms with E-state index in [4.69, 9.17) is 4.74 Å². The molecule has 0 bridgehead atoms. The highest BCUT2D eigenvalue weighted by atomic mass is 16.5. The largest absolute Gasteiger partial charge is 0.450 e. The van der Waals surface area contributed by atoms with Crippen LogP contribution < -0.4 is 10.6 Å². The molecule has 2 heterocycles. The second-order valence-corrected chi connectivity index (χ2v) is 5.61. The van der Waals surface area contributed by atoms with Gasteiger partial charge in [-0.15, -0.1) is 5.10 Å². The first-order valence-electron chi connectivity index (χ1n) is 8.31. The maximum atomic E-state index is 12.0. The fourth-order valence-corrected chi connectivity index (χ4v) is 2.58.